The van der Waals surface area contributed by atoms with Crippen molar-refractivity contribution < 1.29 is 23.5 Å². The predicted molar refractivity (Wildman–Crippen MR) is 135 cm³/mol. The third kappa shape index (κ3) is 26.0. The van der Waals surface area contributed by atoms with Crippen molar-refractivity contribution in [2.45, 2.75) is 116 Å². The monoisotopic (exact) mass is 477 g/mol. The summed E-state index contributed by atoms with van der Waals surface area (Å²) >= 11 is 0. The normalized spacial score (nSPS) is 12.4. The number of ether oxygens (including phenoxy) is 1. The Morgan fingerprint density at radius 2 is 1.16 bits per heavy atom. The Labute approximate surface area is 199 Å². The molecule has 0 bridgehead atoms. The van der Waals surface area contributed by atoms with Crippen LogP contribution in [0.3, 0.4) is 0 Å². The quantitative estimate of drug-likeness (QED) is 0.0868. The highest BCUT2D eigenvalue weighted by molar-refractivity contribution is 7.40. The van der Waals surface area contributed by atoms with Crippen molar-refractivity contribution >= 4 is 14.6 Å². The molecule has 0 aliphatic heterocycles. The van der Waals surface area contributed by atoms with Gasteiger partial charge in [-0.15, -0.1) is 0 Å². The molecule has 0 saturated heterocycles. The molecule has 7 heteroatoms. The van der Waals surface area contributed by atoms with Gasteiger partial charge in [0.05, 0.1) is 19.8 Å². The molecule has 6 nitrogen and oxygen atoms in total. The fraction of sp³-hybridized carbons (Fsp3) is 0.960. The summed E-state index contributed by atoms with van der Waals surface area (Å²) in [4.78, 5) is 23.4. The van der Waals surface area contributed by atoms with Gasteiger partial charge < -0.3 is 23.6 Å². The first kappa shape index (κ1) is 31.7. The first-order valence-electron chi connectivity index (χ1n) is 13.1. The van der Waals surface area contributed by atoms with Crippen LogP contribution in [0, 0.1) is 0 Å². The van der Waals surface area contributed by atoms with Crippen LogP contribution in [0.4, 0.5) is 0 Å². The van der Waals surface area contributed by atoms with Gasteiger partial charge in [0.25, 0.3) is 0 Å². The average Bonchev–Trinajstić information content (AvgIpc) is 2.77. The third-order valence-corrected chi connectivity index (χ3v) is 6.25. The maximum absolute atomic E-state index is 11.7. The van der Waals surface area contributed by atoms with Crippen LogP contribution in [0.15, 0.2) is 0 Å². The Kier molecular flexibility index (Phi) is 25.2. The molecule has 0 amide bonds. The van der Waals surface area contributed by atoms with Crippen molar-refractivity contribution in [2.24, 2.45) is 0 Å². The number of unbranched alkanes of at least 4 members (excludes halogenated alkanes) is 13. The summed E-state index contributed by atoms with van der Waals surface area (Å²) in [6, 6.07) is 0. The van der Waals surface area contributed by atoms with E-state index in [2.05, 4.69) is 11.8 Å². The smallest absolute Gasteiger partial charge is 0.329 e. The van der Waals surface area contributed by atoms with Crippen LogP contribution in [-0.4, -0.2) is 56.2 Å². The molecule has 0 aromatic rings. The van der Waals surface area contributed by atoms with Crippen molar-refractivity contribution in [3.63, 3.8) is 0 Å². The first-order chi connectivity index (χ1) is 15.6. The van der Waals surface area contributed by atoms with E-state index in [0.717, 1.165) is 25.8 Å². The second-order valence-corrected chi connectivity index (χ2v) is 9.97. The highest BCUT2D eigenvalue weighted by Crippen LogP contribution is 2.32. The lowest BCUT2D eigenvalue weighted by Gasteiger charge is -2.12. The molecule has 0 saturated carbocycles. The van der Waals surface area contributed by atoms with Gasteiger partial charge in [-0.3, -0.25) is 4.79 Å². The van der Waals surface area contributed by atoms with Crippen molar-refractivity contribution in [1.29, 1.82) is 0 Å². The fourth-order valence-electron chi connectivity index (χ4n) is 3.47. The van der Waals surface area contributed by atoms with Crippen molar-refractivity contribution in [3.05, 3.63) is 0 Å². The Bertz CT molecular complexity index is 399. The fourth-order valence-corrected chi connectivity index (χ4v) is 4.12. The van der Waals surface area contributed by atoms with Crippen LogP contribution >= 0.6 is 8.60 Å². The van der Waals surface area contributed by atoms with Gasteiger partial charge in [-0.1, -0.05) is 90.4 Å². The molecule has 0 spiro atoms. The molecular formula is C25H52NO5P. The molecule has 0 heterocycles. The minimum absolute atomic E-state index is 0.183. The highest BCUT2D eigenvalue weighted by atomic mass is 31.2. The van der Waals surface area contributed by atoms with Crippen LogP contribution in [0.5, 0.6) is 0 Å². The van der Waals surface area contributed by atoms with Gasteiger partial charge in [-0.25, -0.2) is 0 Å². The predicted octanol–water partition coefficient (Wildman–Crippen LogP) is 7.00. The number of carbonyl (C=O) groups excluding carboxylic acids is 1. The minimum atomic E-state index is -1.84. The first-order valence-corrected chi connectivity index (χ1v) is 14.2. The molecule has 0 aliphatic rings. The average molecular weight is 478 g/mol. The summed E-state index contributed by atoms with van der Waals surface area (Å²) in [5.41, 5.74) is 0. The lowest BCUT2D eigenvalue weighted by atomic mass is 10.0. The molecule has 0 aliphatic carbocycles. The lowest BCUT2D eigenvalue weighted by molar-refractivity contribution is -0.144. The summed E-state index contributed by atoms with van der Waals surface area (Å²) < 4.78 is 15.7. The number of nitrogens with zero attached hydrogens (tertiary/aromatic N) is 1. The molecule has 32 heavy (non-hydrogen) atoms. The molecule has 192 valence electrons. The molecule has 1 N–H and O–H groups in total. The summed E-state index contributed by atoms with van der Waals surface area (Å²) in [6.07, 6.45) is 20.2. The minimum Gasteiger partial charge on any atom is -0.466 e. The summed E-state index contributed by atoms with van der Waals surface area (Å²) in [5.74, 6) is -0.183. The molecular weight excluding hydrogens is 425 g/mol. The zero-order valence-corrected chi connectivity index (χ0v) is 22.2. The Hall–Kier alpha value is -0.260. The number of esters is 1. The molecule has 1 unspecified atom stereocenters. The van der Waals surface area contributed by atoms with E-state index in [1.807, 2.05) is 14.1 Å². The summed E-state index contributed by atoms with van der Waals surface area (Å²) in [6.45, 7) is 4.48. The van der Waals surface area contributed by atoms with Gasteiger partial charge in [-0.2, -0.15) is 0 Å². The van der Waals surface area contributed by atoms with E-state index in [0.29, 0.717) is 32.7 Å². The zero-order valence-electron chi connectivity index (χ0n) is 21.3. The van der Waals surface area contributed by atoms with Crippen LogP contribution < -0.4 is 0 Å². The Balaban J connectivity index is 3.25. The molecule has 0 radical (unpaired) electrons. The van der Waals surface area contributed by atoms with E-state index in [-0.39, 0.29) is 5.97 Å². The lowest BCUT2D eigenvalue weighted by Crippen LogP contribution is -2.14. The maximum Gasteiger partial charge on any atom is 0.329 e. The number of rotatable bonds is 25. The molecule has 1 atom stereocenters. The van der Waals surface area contributed by atoms with E-state index in [1.54, 1.807) is 0 Å². The van der Waals surface area contributed by atoms with Crippen molar-refractivity contribution in [1.82, 2.24) is 4.90 Å². The summed E-state index contributed by atoms with van der Waals surface area (Å²) in [5, 5.41) is 0. The molecule has 0 aromatic carbocycles. The van der Waals surface area contributed by atoms with Crippen LogP contribution in [-0.2, 0) is 18.6 Å². The van der Waals surface area contributed by atoms with Crippen molar-refractivity contribution in [3.8, 4) is 0 Å². The van der Waals surface area contributed by atoms with E-state index >= 15 is 0 Å². The highest BCUT2D eigenvalue weighted by Gasteiger charge is 2.08. The second-order valence-electron chi connectivity index (χ2n) is 8.98. The van der Waals surface area contributed by atoms with Crippen molar-refractivity contribution in [2.75, 3.05) is 40.5 Å². The van der Waals surface area contributed by atoms with Crippen LogP contribution in [0.1, 0.15) is 116 Å². The largest absolute Gasteiger partial charge is 0.466 e. The number of hydrogen-bond donors (Lipinski definition) is 1. The van der Waals surface area contributed by atoms with Gasteiger partial charge in [0.2, 0.25) is 0 Å². The third-order valence-electron chi connectivity index (χ3n) is 5.44. The van der Waals surface area contributed by atoms with Gasteiger partial charge in [-0.05, 0) is 39.9 Å². The molecule has 0 rings (SSSR count). The Morgan fingerprint density at radius 3 is 1.66 bits per heavy atom. The summed E-state index contributed by atoms with van der Waals surface area (Å²) in [7, 11) is 2.15. The maximum atomic E-state index is 11.7. The topological polar surface area (TPSA) is 68.2 Å². The zero-order chi connectivity index (χ0) is 23.7. The van der Waals surface area contributed by atoms with Gasteiger partial charge in [0, 0.05) is 6.42 Å². The SMILES string of the molecule is CCCCCCCCCCCCCCCCOC(=O)CCCOP(O)OCCCN(C)C. The molecule has 0 fully saturated rings. The van der Waals surface area contributed by atoms with Gasteiger partial charge >= 0.3 is 14.6 Å². The van der Waals surface area contributed by atoms with Gasteiger partial charge in [0.1, 0.15) is 0 Å². The van der Waals surface area contributed by atoms with E-state index in [4.69, 9.17) is 13.8 Å². The van der Waals surface area contributed by atoms with E-state index < -0.39 is 8.60 Å². The van der Waals surface area contributed by atoms with E-state index in [9.17, 15) is 9.69 Å². The van der Waals surface area contributed by atoms with Gasteiger partial charge in [0.15, 0.2) is 0 Å². The number of carbonyl (C=O) groups is 1. The standard InChI is InChI=1S/C25H52NO5P/c1-4-5-6-7-8-9-10-11-12-13-14-15-16-17-22-29-25(27)20-18-23-30-32(28)31-24-19-21-26(2)3/h28H,4-24H2,1-3H3. The van der Waals surface area contributed by atoms with Crippen LogP contribution in [0.25, 0.3) is 0 Å². The second kappa shape index (κ2) is 25.4. The molecule has 0 aromatic heterocycles. The van der Waals surface area contributed by atoms with Crippen LogP contribution in [0.2, 0.25) is 0 Å². The Morgan fingerprint density at radius 1 is 0.688 bits per heavy atom. The van der Waals surface area contributed by atoms with E-state index in [1.165, 1.54) is 77.0 Å². The number of hydrogen-bond acceptors (Lipinski definition) is 6.